The van der Waals surface area contributed by atoms with Crippen molar-refractivity contribution in [3.05, 3.63) is 60.2 Å². The molecular weight excluding hydrogens is 352 g/mol. The van der Waals surface area contributed by atoms with E-state index in [1.54, 1.807) is 4.90 Å². The Bertz CT molecular complexity index is 778. The number of hydrazine groups is 1. The molecule has 0 bridgehead atoms. The minimum Gasteiger partial charge on any atom is -0.344 e. The fourth-order valence-corrected chi connectivity index (χ4v) is 2.78. The molecule has 26 heavy (non-hydrogen) atoms. The maximum atomic E-state index is 12.4. The summed E-state index contributed by atoms with van der Waals surface area (Å²) in [6.45, 7) is 2.30. The average Bonchev–Trinajstić information content (AvgIpc) is 2.72. The van der Waals surface area contributed by atoms with Crippen LogP contribution in [0.1, 0.15) is 20.8 Å². The summed E-state index contributed by atoms with van der Waals surface area (Å²) in [6, 6.07) is 9.20. The summed E-state index contributed by atoms with van der Waals surface area (Å²) in [5, 5.41) is 0.397. The first-order valence-corrected chi connectivity index (χ1v) is 8.51. The van der Waals surface area contributed by atoms with E-state index in [9.17, 15) is 9.59 Å². The first kappa shape index (κ1) is 17.7. The SMILES string of the molecule is O=C(NNC(=S)N1CCN(C(=O)c2ccccc2)CC1)c1cnccn1. The van der Waals surface area contributed by atoms with Crippen LogP contribution in [0.3, 0.4) is 0 Å². The predicted molar refractivity (Wildman–Crippen MR) is 99.2 cm³/mol. The fraction of sp³-hybridized carbons (Fsp3) is 0.235. The molecular formula is C17H18N6O2S. The quantitative estimate of drug-likeness (QED) is 0.586. The molecule has 8 nitrogen and oxygen atoms in total. The second-order valence-electron chi connectivity index (χ2n) is 5.62. The maximum Gasteiger partial charge on any atom is 0.289 e. The van der Waals surface area contributed by atoms with Crippen LogP contribution in [0.15, 0.2) is 48.9 Å². The molecule has 2 amide bonds. The Morgan fingerprint density at radius 1 is 0.962 bits per heavy atom. The van der Waals surface area contributed by atoms with Gasteiger partial charge in [0.15, 0.2) is 5.11 Å². The van der Waals surface area contributed by atoms with Crippen LogP contribution >= 0.6 is 12.2 Å². The molecule has 0 unspecified atom stereocenters. The third-order valence-corrected chi connectivity index (χ3v) is 4.31. The van der Waals surface area contributed by atoms with E-state index in [0.29, 0.717) is 36.9 Å². The van der Waals surface area contributed by atoms with E-state index >= 15 is 0 Å². The van der Waals surface area contributed by atoms with E-state index in [1.807, 2.05) is 35.2 Å². The van der Waals surface area contributed by atoms with Crippen molar-refractivity contribution >= 4 is 29.1 Å². The smallest absolute Gasteiger partial charge is 0.289 e. The number of carbonyl (C=O) groups excluding carboxylic acids is 2. The molecule has 2 aromatic rings. The van der Waals surface area contributed by atoms with E-state index in [4.69, 9.17) is 12.2 Å². The largest absolute Gasteiger partial charge is 0.344 e. The standard InChI is InChI=1S/C17H18N6O2S/c24-15(14-12-18-6-7-19-14)20-21-17(26)23-10-8-22(9-11-23)16(25)13-4-2-1-3-5-13/h1-7,12H,8-11H2,(H,20,24)(H,21,26). The fourth-order valence-electron chi connectivity index (χ4n) is 2.55. The zero-order valence-corrected chi connectivity index (χ0v) is 14.8. The summed E-state index contributed by atoms with van der Waals surface area (Å²) in [7, 11) is 0. The van der Waals surface area contributed by atoms with Gasteiger partial charge in [-0.3, -0.25) is 25.4 Å². The summed E-state index contributed by atoms with van der Waals surface area (Å²) in [5.74, 6) is -0.404. The Kier molecular flexibility index (Phi) is 5.69. The van der Waals surface area contributed by atoms with Crippen molar-refractivity contribution in [2.45, 2.75) is 0 Å². The van der Waals surface area contributed by atoms with Crippen molar-refractivity contribution in [2.24, 2.45) is 0 Å². The van der Waals surface area contributed by atoms with Crippen molar-refractivity contribution in [1.82, 2.24) is 30.6 Å². The number of nitrogens with zero attached hydrogens (tertiary/aromatic N) is 4. The van der Waals surface area contributed by atoms with Crippen molar-refractivity contribution in [1.29, 1.82) is 0 Å². The van der Waals surface area contributed by atoms with Crippen LogP contribution in [0.2, 0.25) is 0 Å². The van der Waals surface area contributed by atoms with E-state index in [-0.39, 0.29) is 11.6 Å². The van der Waals surface area contributed by atoms with E-state index < -0.39 is 5.91 Å². The van der Waals surface area contributed by atoms with Crippen molar-refractivity contribution in [3.63, 3.8) is 0 Å². The van der Waals surface area contributed by atoms with Crippen LogP contribution in [-0.2, 0) is 0 Å². The van der Waals surface area contributed by atoms with Crippen molar-refractivity contribution in [3.8, 4) is 0 Å². The van der Waals surface area contributed by atoms with Gasteiger partial charge in [-0.05, 0) is 24.4 Å². The van der Waals surface area contributed by atoms with Crippen molar-refractivity contribution in [2.75, 3.05) is 26.2 Å². The Hall–Kier alpha value is -3.07. The normalized spacial score (nSPS) is 13.8. The second-order valence-corrected chi connectivity index (χ2v) is 6.01. The molecule has 0 spiro atoms. The van der Waals surface area contributed by atoms with E-state index in [2.05, 4.69) is 20.8 Å². The van der Waals surface area contributed by atoms with Gasteiger partial charge in [0, 0.05) is 44.1 Å². The lowest BCUT2D eigenvalue weighted by molar-refractivity contribution is 0.0691. The minimum atomic E-state index is -0.418. The molecule has 2 N–H and O–H groups in total. The number of carbonyl (C=O) groups is 2. The summed E-state index contributed by atoms with van der Waals surface area (Å²) in [4.78, 5) is 35.8. The molecule has 1 aromatic heterocycles. The van der Waals surface area contributed by atoms with Crippen LogP contribution in [0.4, 0.5) is 0 Å². The highest BCUT2D eigenvalue weighted by atomic mass is 32.1. The van der Waals surface area contributed by atoms with Crippen LogP contribution in [-0.4, -0.2) is 62.9 Å². The number of rotatable bonds is 2. The highest BCUT2D eigenvalue weighted by Crippen LogP contribution is 2.08. The van der Waals surface area contributed by atoms with Gasteiger partial charge in [0.2, 0.25) is 0 Å². The Morgan fingerprint density at radius 3 is 2.31 bits per heavy atom. The molecule has 9 heteroatoms. The lowest BCUT2D eigenvalue weighted by Gasteiger charge is -2.36. The summed E-state index contributed by atoms with van der Waals surface area (Å²) in [5.41, 5.74) is 6.09. The van der Waals surface area contributed by atoms with Gasteiger partial charge in [0.05, 0.1) is 6.20 Å². The molecule has 1 aliphatic rings. The monoisotopic (exact) mass is 370 g/mol. The number of aromatic nitrogens is 2. The van der Waals surface area contributed by atoms with Gasteiger partial charge in [-0.1, -0.05) is 18.2 Å². The lowest BCUT2D eigenvalue weighted by Crippen LogP contribution is -2.56. The van der Waals surface area contributed by atoms with Crippen LogP contribution < -0.4 is 10.9 Å². The van der Waals surface area contributed by atoms with Gasteiger partial charge in [0.25, 0.3) is 11.8 Å². The molecule has 1 saturated heterocycles. The molecule has 2 heterocycles. The Balaban J connectivity index is 1.46. The molecule has 0 radical (unpaired) electrons. The number of hydrogen-bond donors (Lipinski definition) is 2. The minimum absolute atomic E-state index is 0.0140. The highest BCUT2D eigenvalue weighted by molar-refractivity contribution is 7.80. The van der Waals surface area contributed by atoms with Crippen LogP contribution in [0.25, 0.3) is 0 Å². The first-order valence-electron chi connectivity index (χ1n) is 8.11. The van der Waals surface area contributed by atoms with Crippen LogP contribution in [0, 0.1) is 0 Å². The summed E-state index contributed by atoms with van der Waals surface area (Å²) < 4.78 is 0. The van der Waals surface area contributed by atoms with Crippen molar-refractivity contribution < 1.29 is 9.59 Å². The van der Waals surface area contributed by atoms with E-state index in [0.717, 1.165) is 0 Å². The number of thiocarbonyl (C=S) groups is 1. The molecule has 0 aliphatic carbocycles. The predicted octanol–water partition coefficient (Wildman–Crippen LogP) is 0.454. The van der Waals surface area contributed by atoms with Gasteiger partial charge in [-0.15, -0.1) is 0 Å². The zero-order chi connectivity index (χ0) is 18.4. The molecule has 134 valence electrons. The third kappa shape index (κ3) is 4.31. The topological polar surface area (TPSA) is 90.5 Å². The number of nitrogens with one attached hydrogen (secondary N) is 2. The number of hydrogen-bond acceptors (Lipinski definition) is 5. The Morgan fingerprint density at radius 2 is 1.65 bits per heavy atom. The number of amides is 2. The summed E-state index contributed by atoms with van der Waals surface area (Å²) in [6.07, 6.45) is 4.30. The molecule has 0 atom stereocenters. The van der Waals surface area contributed by atoms with Gasteiger partial charge in [-0.25, -0.2) is 4.98 Å². The van der Waals surface area contributed by atoms with Gasteiger partial charge < -0.3 is 9.80 Å². The number of piperazine rings is 1. The molecule has 1 aliphatic heterocycles. The van der Waals surface area contributed by atoms with E-state index in [1.165, 1.54) is 18.6 Å². The van der Waals surface area contributed by atoms with Crippen LogP contribution in [0.5, 0.6) is 0 Å². The molecule has 1 fully saturated rings. The maximum absolute atomic E-state index is 12.4. The van der Waals surface area contributed by atoms with Gasteiger partial charge >= 0.3 is 0 Å². The third-order valence-electron chi connectivity index (χ3n) is 3.95. The molecule has 3 rings (SSSR count). The summed E-state index contributed by atoms with van der Waals surface area (Å²) >= 11 is 5.30. The van der Waals surface area contributed by atoms with Gasteiger partial charge in [0.1, 0.15) is 5.69 Å². The first-order chi connectivity index (χ1) is 12.6. The Labute approximate surface area is 156 Å². The highest BCUT2D eigenvalue weighted by Gasteiger charge is 2.23. The number of benzene rings is 1. The second kappa shape index (κ2) is 8.34. The molecule has 0 saturated carbocycles. The van der Waals surface area contributed by atoms with Gasteiger partial charge in [-0.2, -0.15) is 0 Å². The molecule has 1 aromatic carbocycles. The average molecular weight is 370 g/mol. The lowest BCUT2D eigenvalue weighted by atomic mass is 10.2. The zero-order valence-electron chi connectivity index (χ0n) is 14.0.